The molecule has 13 heteroatoms. The van der Waals surface area contributed by atoms with E-state index >= 15 is 0 Å². The highest BCUT2D eigenvalue weighted by atomic mass is 19.3. The average Bonchev–Trinajstić information content (AvgIpc) is 3.49. The number of nitrogens with zero attached hydrogens (tertiary/aromatic N) is 5. The summed E-state index contributed by atoms with van der Waals surface area (Å²) < 4.78 is 48.1. The normalized spacial score (nSPS) is 28.4. The second-order valence-corrected chi connectivity index (χ2v) is 12.8. The molecule has 0 radical (unpaired) electrons. The molecule has 3 heterocycles. The molecule has 218 valence electrons. The Kier molecular flexibility index (Phi) is 5.95. The SMILES string of the molecule is Cc1nonc1C(=O)N[C@H](c1cn2ncc([C@H](NC(=O)C[C@]34C[C@@](F)(C3)C4)C3CC3)cc2n1)C1CCC(F)(F)CC1. The van der Waals surface area contributed by atoms with E-state index in [-0.39, 0.29) is 54.7 Å². The Labute approximate surface area is 233 Å². The van der Waals surface area contributed by atoms with Crippen molar-refractivity contribution in [2.45, 2.75) is 94.8 Å². The molecule has 0 unspecified atom stereocenters. The lowest BCUT2D eigenvalue weighted by atomic mass is 9.41. The molecule has 5 fully saturated rings. The van der Waals surface area contributed by atoms with Gasteiger partial charge in [0.2, 0.25) is 11.8 Å². The van der Waals surface area contributed by atoms with Gasteiger partial charge in [-0.25, -0.2) is 27.3 Å². The van der Waals surface area contributed by atoms with E-state index in [9.17, 15) is 22.8 Å². The number of carbonyl (C=O) groups excluding carboxylic acids is 2. The first-order valence-electron chi connectivity index (χ1n) is 14.3. The van der Waals surface area contributed by atoms with E-state index in [0.717, 1.165) is 18.4 Å². The Morgan fingerprint density at radius 1 is 1.05 bits per heavy atom. The van der Waals surface area contributed by atoms with Gasteiger partial charge in [-0.1, -0.05) is 5.16 Å². The number of halogens is 3. The summed E-state index contributed by atoms with van der Waals surface area (Å²) in [5, 5.41) is 18.0. The van der Waals surface area contributed by atoms with Crippen LogP contribution in [0, 0.1) is 24.2 Å². The maximum atomic E-state index is 14.0. The summed E-state index contributed by atoms with van der Waals surface area (Å²) in [5.74, 6) is -3.27. The Morgan fingerprint density at radius 3 is 2.39 bits per heavy atom. The summed E-state index contributed by atoms with van der Waals surface area (Å²) in [6.07, 6.45) is 7.09. The van der Waals surface area contributed by atoms with Gasteiger partial charge >= 0.3 is 0 Å². The minimum atomic E-state index is -2.72. The van der Waals surface area contributed by atoms with Gasteiger partial charge in [-0.15, -0.1) is 0 Å². The number of rotatable bonds is 9. The molecule has 0 aromatic carbocycles. The minimum absolute atomic E-state index is 0.0314. The van der Waals surface area contributed by atoms with Crippen LogP contribution in [0.2, 0.25) is 0 Å². The van der Waals surface area contributed by atoms with Crippen molar-refractivity contribution >= 4 is 17.5 Å². The molecule has 10 nitrogen and oxygen atoms in total. The number of aryl methyl sites for hydroxylation is 1. The Morgan fingerprint density at radius 2 is 1.76 bits per heavy atom. The number of alkyl halides is 3. The summed E-state index contributed by atoms with van der Waals surface area (Å²) in [6.45, 7) is 1.60. The van der Waals surface area contributed by atoms with Gasteiger partial charge in [0.25, 0.3) is 5.91 Å². The van der Waals surface area contributed by atoms with Crippen molar-refractivity contribution in [1.29, 1.82) is 0 Å². The van der Waals surface area contributed by atoms with Crippen molar-refractivity contribution in [3.63, 3.8) is 0 Å². The minimum Gasteiger partial charge on any atom is -0.349 e. The third-order valence-corrected chi connectivity index (χ3v) is 9.45. The number of aromatic nitrogens is 5. The fourth-order valence-corrected chi connectivity index (χ4v) is 7.22. The molecule has 0 aliphatic heterocycles. The molecule has 2 atom stereocenters. The molecular weight excluding hydrogens is 539 g/mol. The zero-order valence-electron chi connectivity index (χ0n) is 22.7. The molecule has 3 aromatic rings. The van der Waals surface area contributed by atoms with Gasteiger partial charge in [0, 0.05) is 19.3 Å². The smallest absolute Gasteiger partial charge is 0.276 e. The molecule has 5 saturated carbocycles. The van der Waals surface area contributed by atoms with Gasteiger partial charge in [-0.05, 0) is 85.9 Å². The molecule has 0 spiro atoms. The first kappa shape index (κ1) is 26.4. The molecule has 3 aromatic heterocycles. The number of nitrogens with one attached hydrogen (secondary N) is 2. The van der Waals surface area contributed by atoms with Crippen LogP contribution in [0.1, 0.15) is 104 Å². The van der Waals surface area contributed by atoms with E-state index in [4.69, 9.17) is 4.98 Å². The molecule has 5 aliphatic rings. The predicted molar refractivity (Wildman–Crippen MR) is 137 cm³/mol. The van der Waals surface area contributed by atoms with E-state index in [0.29, 0.717) is 48.6 Å². The number of imidazole rings is 1. The maximum absolute atomic E-state index is 14.0. The van der Waals surface area contributed by atoms with Gasteiger partial charge < -0.3 is 10.6 Å². The molecule has 2 bridgehead atoms. The highest BCUT2D eigenvalue weighted by molar-refractivity contribution is 5.93. The third kappa shape index (κ3) is 4.97. The molecule has 0 saturated heterocycles. The van der Waals surface area contributed by atoms with Gasteiger partial charge in [0.15, 0.2) is 11.3 Å². The average molecular weight is 572 g/mol. The van der Waals surface area contributed by atoms with Gasteiger partial charge in [0.05, 0.1) is 30.2 Å². The summed E-state index contributed by atoms with van der Waals surface area (Å²) in [7, 11) is 0. The second kappa shape index (κ2) is 9.25. The van der Waals surface area contributed by atoms with E-state index in [1.807, 2.05) is 6.07 Å². The number of amides is 2. The summed E-state index contributed by atoms with van der Waals surface area (Å²) >= 11 is 0. The van der Waals surface area contributed by atoms with Gasteiger partial charge in [-0.2, -0.15) is 5.10 Å². The van der Waals surface area contributed by atoms with Crippen LogP contribution >= 0.6 is 0 Å². The van der Waals surface area contributed by atoms with E-state index in [1.54, 1.807) is 23.8 Å². The third-order valence-electron chi connectivity index (χ3n) is 9.45. The number of carbonyl (C=O) groups is 2. The monoisotopic (exact) mass is 571 g/mol. The highest BCUT2D eigenvalue weighted by Crippen LogP contribution is 2.71. The van der Waals surface area contributed by atoms with Crippen molar-refractivity contribution in [3.8, 4) is 0 Å². The van der Waals surface area contributed by atoms with Crippen molar-refractivity contribution in [1.82, 2.24) is 35.5 Å². The lowest BCUT2D eigenvalue weighted by Crippen LogP contribution is -2.65. The largest absolute Gasteiger partial charge is 0.349 e. The predicted octanol–water partition coefficient (Wildman–Crippen LogP) is 4.57. The van der Waals surface area contributed by atoms with Crippen molar-refractivity contribution < 1.29 is 27.4 Å². The number of hydrogen-bond acceptors (Lipinski definition) is 7. The fraction of sp³-hybridized carbons (Fsp3) is 0.643. The zero-order valence-corrected chi connectivity index (χ0v) is 22.7. The summed E-state index contributed by atoms with van der Waals surface area (Å²) in [5.41, 5.74) is 1.000. The topological polar surface area (TPSA) is 127 Å². The lowest BCUT2D eigenvalue weighted by Gasteiger charge is -2.65. The standard InChI is InChI=1S/C28H32F3N7O3/c1-15-22(37-41-36-15)25(40)35-24(17-4-6-28(30,31)7-5-17)19-11-38-20(33-19)8-18(10-32-38)23(16-2-3-16)34-21(39)9-26-12-27(29,13-26)14-26/h8,10-11,16-17,23-24H,2-7,9,12-14H2,1H3,(H,34,39)(H,35,40)/t23-,24+,26-,27+/m1/s1. The van der Waals surface area contributed by atoms with Crippen molar-refractivity contribution in [2.75, 3.05) is 0 Å². The van der Waals surface area contributed by atoms with Crippen LogP contribution in [-0.4, -0.2) is 48.3 Å². The van der Waals surface area contributed by atoms with Crippen LogP contribution in [0.4, 0.5) is 13.2 Å². The maximum Gasteiger partial charge on any atom is 0.276 e. The highest BCUT2D eigenvalue weighted by Gasteiger charge is 2.69. The molecule has 8 rings (SSSR count). The van der Waals surface area contributed by atoms with Crippen LogP contribution in [0.5, 0.6) is 0 Å². The zero-order chi connectivity index (χ0) is 28.6. The molecule has 2 N–H and O–H groups in total. The lowest BCUT2D eigenvalue weighted by molar-refractivity contribution is -0.215. The molecule has 5 aliphatic carbocycles. The summed E-state index contributed by atoms with van der Waals surface area (Å²) in [4.78, 5) is 30.7. The van der Waals surface area contributed by atoms with Crippen molar-refractivity contribution in [3.05, 3.63) is 41.1 Å². The van der Waals surface area contributed by atoms with Crippen LogP contribution in [-0.2, 0) is 4.79 Å². The Balaban J connectivity index is 1.13. The van der Waals surface area contributed by atoms with Crippen LogP contribution in [0.3, 0.4) is 0 Å². The number of hydrogen-bond donors (Lipinski definition) is 2. The molecule has 41 heavy (non-hydrogen) atoms. The van der Waals surface area contributed by atoms with Gasteiger partial charge in [-0.3, -0.25) is 9.59 Å². The van der Waals surface area contributed by atoms with Crippen molar-refractivity contribution in [2.24, 2.45) is 17.3 Å². The Bertz CT molecular complexity index is 1490. The van der Waals surface area contributed by atoms with Gasteiger partial charge in [0.1, 0.15) is 11.4 Å². The number of fused-ring (bicyclic) bond motifs is 1. The molecular formula is C28H32F3N7O3. The van der Waals surface area contributed by atoms with E-state index in [1.165, 1.54) is 0 Å². The van der Waals surface area contributed by atoms with Crippen LogP contribution < -0.4 is 10.6 Å². The first-order valence-corrected chi connectivity index (χ1v) is 14.3. The summed E-state index contributed by atoms with van der Waals surface area (Å²) in [6, 6.07) is 1.01. The Hall–Kier alpha value is -3.51. The van der Waals surface area contributed by atoms with Crippen LogP contribution in [0.15, 0.2) is 23.1 Å². The second-order valence-electron chi connectivity index (χ2n) is 12.8. The fourth-order valence-electron chi connectivity index (χ4n) is 7.22. The first-order chi connectivity index (χ1) is 19.5. The van der Waals surface area contributed by atoms with E-state index < -0.39 is 23.5 Å². The quantitative estimate of drug-likeness (QED) is 0.385. The van der Waals surface area contributed by atoms with Crippen LogP contribution in [0.25, 0.3) is 5.65 Å². The van der Waals surface area contributed by atoms with E-state index in [2.05, 4.69) is 30.7 Å². The molecule has 2 amide bonds.